The molecule has 0 fully saturated rings. The Morgan fingerprint density at radius 3 is 2.50 bits per heavy atom. The van der Waals surface area contributed by atoms with Crippen LogP contribution in [0, 0.1) is 0 Å². The molecule has 2 N–H and O–H groups in total. The lowest BCUT2D eigenvalue weighted by molar-refractivity contribution is -0.147. The normalized spacial score (nSPS) is 14.1. The van der Waals surface area contributed by atoms with Crippen molar-refractivity contribution in [2.24, 2.45) is 5.73 Å². The van der Waals surface area contributed by atoms with Gasteiger partial charge in [-0.1, -0.05) is 17.7 Å². The molecule has 1 aromatic heterocycles. The van der Waals surface area contributed by atoms with Gasteiger partial charge in [0.1, 0.15) is 11.2 Å². The summed E-state index contributed by atoms with van der Waals surface area (Å²) in [5.74, 6) is 0. The van der Waals surface area contributed by atoms with Crippen molar-refractivity contribution in [2.45, 2.75) is 18.6 Å². The molecule has 0 amide bonds. The second kappa shape index (κ2) is 4.14. The summed E-state index contributed by atoms with van der Waals surface area (Å²) < 4.78 is 36.1. The number of pyridine rings is 1. The van der Waals surface area contributed by atoms with Gasteiger partial charge in [0.25, 0.3) is 0 Å². The average Bonchev–Trinajstić information content (AvgIpc) is 2.07. The van der Waals surface area contributed by atoms with Crippen LogP contribution < -0.4 is 5.73 Å². The summed E-state index contributed by atoms with van der Waals surface area (Å²) in [4.78, 5) is 3.66. The number of rotatable bonds is 2. The van der Waals surface area contributed by atoms with Crippen molar-refractivity contribution in [3.05, 3.63) is 29.0 Å². The Kier molecular flexibility index (Phi) is 3.34. The fourth-order valence-corrected chi connectivity index (χ4v) is 1.01. The number of nitrogens with zero attached hydrogens (tertiary/aromatic N) is 1. The van der Waals surface area contributed by atoms with E-state index in [2.05, 4.69) is 4.98 Å². The molecule has 0 saturated carbocycles. The van der Waals surface area contributed by atoms with Crippen molar-refractivity contribution in [1.82, 2.24) is 4.98 Å². The Labute approximate surface area is 83.9 Å². The lowest BCUT2D eigenvalue weighted by atomic mass is 10.1. The lowest BCUT2D eigenvalue weighted by Crippen LogP contribution is -2.39. The molecule has 2 nitrogen and oxygen atoms in total. The zero-order chi connectivity index (χ0) is 10.8. The predicted octanol–water partition coefficient (Wildman–Crippen LogP) is 2.17. The third kappa shape index (κ3) is 3.16. The fourth-order valence-electron chi connectivity index (χ4n) is 0.897. The van der Waals surface area contributed by atoms with Crippen molar-refractivity contribution >= 4 is 11.6 Å². The van der Waals surface area contributed by atoms with Gasteiger partial charge in [0.15, 0.2) is 0 Å². The van der Waals surface area contributed by atoms with Gasteiger partial charge >= 0.3 is 6.18 Å². The van der Waals surface area contributed by atoms with Crippen LogP contribution in [0.15, 0.2) is 18.3 Å². The van der Waals surface area contributed by atoms with Crippen molar-refractivity contribution in [1.29, 1.82) is 0 Å². The summed E-state index contributed by atoms with van der Waals surface area (Å²) in [6, 6.07) is 1.05. The van der Waals surface area contributed by atoms with Gasteiger partial charge in [0.05, 0.1) is 0 Å². The fraction of sp³-hybridized carbons (Fsp3) is 0.375. The Morgan fingerprint density at radius 2 is 2.07 bits per heavy atom. The summed E-state index contributed by atoms with van der Waals surface area (Å²) in [5.41, 5.74) is 5.35. The molecular weight excluding hydrogens is 217 g/mol. The zero-order valence-electron chi connectivity index (χ0n) is 7.05. The standard InChI is InChI=1S/C8H8ClF3N2/c9-7-2-1-5(4-14-7)3-6(13)8(10,11)12/h1-2,4,6H,3,13H2. The van der Waals surface area contributed by atoms with Gasteiger partial charge in [-0.2, -0.15) is 13.2 Å². The maximum absolute atomic E-state index is 12.0. The molecule has 0 spiro atoms. The van der Waals surface area contributed by atoms with E-state index in [9.17, 15) is 13.2 Å². The summed E-state index contributed by atoms with van der Waals surface area (Å²) >= 11 is 5.47. The monoisotopic (exact) mass is 224 g/mol. The molecule has 14 heavy (non-hydrogen) atoms. The number of nitrogens with two attached hydrogens (primary N) is 1. The first-order valence-electron chi connectivity index (χ1n) is 3.82. The minimum Gasteiger partial charge on any atom is -0.320 e. The quantitative estimate of drug-likeness (QED) is 0.782. The minimum atomic E-state index is -4.38. The van der Waals surface area contributed by atoms with Crippen LogP contribution >= 0.6 is 11.6 Å². The Balaban J connectivity index is 2.65. The molecule has 0 aliphatic carbocycles. The van der Waals surface area contributed by atoms with E-state index in [-0.39, 0.29) is 11.6 Å². The maximum atomic E-state index is 12.0. The van der Waals surface area contributed by atoms with E-state index < -0.39 is 12.2 Å². The molecule has 1 aromatic rings. The molecule has 0 saturated heterocycles. The van der Waals surface area contributed by atoms with E-state index in [1.807, 2.05) is 0 Å². The molecule has 6 heteroatoms. The second-order valence-electron chi connectivity index (χ2n) is 2.84. The third-order valence-corrected chi connectivity index (χ3v) is 1.89. The second-order valence-corrected chi connectivity index (χ2v) is 3.23. The summed E-state index contributed by atoms with van der Waals surface area (Å²) in [6.45, 7) is 0. The number of aromatic nitrogens is 1. The number of hydrogen-bond donors (Lipinski definition) is 1. The van der Waals surface area contributed by atoms with Gasteiger partial charge in [0.2, 0.25) is 0 Å². The van der Waals surface area contributed by atoms with Gasteiger partial charge in [-0.3, -0.25) is 0 Å². The highest BCUT2D eigenvalue weighted by molar-refractivity contribution is 6.29. The SMILES string of the molecule is NC(Cc1ccc(Cl)nc1)C(F)(F)F. The first kappa shape index (κ1) is 11.3. The largest absolute Gasteiger partial charge is 0.403 e. The van der Waals surface area contributed by atoms with Gasteiger partial charge in [-0.05, 0) is 18.1 Å². The van der Waals surface area contributed by atoms with Crippen LogP contribution in [0.1, 0.15) is 5.56 Å². The van der Waals surface area contributed by atoms with E-state index in [0.717, 1.165) is 0 Å². The first-order valence-corrected chi connectivity index (χ1v) is 4.20. The average molecular weight is 225 g/mol. The molecular formula is C8H8ClF3N2. The van der Waals surface area contributed by atoms with Crippen LogP contribution in [-0.2, 0) is 6.42 Å². The molecule has 1 rings (SSSR count). The highest BCUT2D eigenvalue weighted by Gasteiger charge is 2.36. The highest BCUT2D eigenvalue weighted by atomic mass is 35.5. The van der Waals surface area contributed by atoms with Crippen LogP contribution in [0.3, 0.4) is 0 Å². The highest BCUT2D eigenvalue weighted by Crippen LogP contribution is 2.21. The van der Waals surface area contributed by atoms with E-state index in [4.69, 9.17) is 17.3 Å². The Hall–Kier alpha value is -0.810. The summed E-state index contributed by atoms with van der Waals surface area (Å²) in [7, 11) is 0. The van der Waals surface area contributed by atoms with E-state index in [1.54, 1.807) is 0 Å². The lowest BCUT2D eigenvalue weighted by Gasteiger charge is -2.14. The smallest absolute Gasteiger partial charge is 0.320 e. The van der Waals surface area contributed by atoms with Crippen LogP contribution in [0.25, 0.3) is 0 Å². The molecule has 78 valence electrons. The molecule has 0 radical (unpaired) electrons. The summed E-state index contributed by atoms with van der Waals surface area (Å²) in [5, 5.41) is 0.245. The molecule has 1 heterocycles. The van der Waals surface area contributed by atoms with E-state index >= 15 is 0 Å². The van der Waals surface area contributed by atoms with Crippen molar-refractivity contribution in [3.63, 3.8) is 0 Å². The molecule has 1 atom stereocenters. The van der Waals surface area contributed by atoms with Crippen molar-refractivity contribution < 1.29 is 13.2 Å². The maximum Gasteiger partial charge on any atom is 0.403 e. The summed E-state index contributed by atoms with van der Waals surface area (Å²) in [6.07, 6.45) is -3.37. The van der Waals surface area contributed by atoms with Gasteiger partial charge in [0, 0.05) is 6.20 Å². The minimum absolute atomic E-state index is 0.245. The Morgan fingerprint density at radius 1 is 1.43 bits per heavy atom. The van der Waals surface area contributed by atoms with Crippen LogP contribution in [0.2, 0.25) is 5.15 Å². The van der Waals surface area contributed by atoms with Crippen LogP contribution in [-0.4, -0.2) is 17.2 Å². The van der Waals surface area contributed by atoms with Crippen LogP contribution in [0.5, 0.6) is 0 Å². The Bertz CT molecular complexity index is 296. The number of halogens is 4. The third-order valence-electron chi connectivity index (χ3n) is 1.66. The molecule has 1 unspecified atom stereocenters. The predicted molar refractivity (Wildman–Crippen MR) is 47.0 cm³/mol. The number of alkyl halides is 3. The molecule has 0 bridgehead atoms. The molecule has 0 aliphatic rings. The van der Waals surface area contributed by atoms with E-state index in [1.165, 1.54) is 18.3 Å². The van der Waals surface area contributed by atoms with Crippen LogP contribution in [0.4, 0.5) is 13.2 Å². The number of hydrogen-bond acceptors (Lipinski definition) is 2. The van der Waals surface area contributed by atoms with Crippen molar-refractivity contribution in [2.75, 3.05) is 0 Å². The van der Waals surface area contributed by atoms with Crippen molar-refractivity contribution in [3.8, 4) is 0 Å². The van der Waals surface area contributed by atoms with E-state index in [0.29, 0.717) is 5.56 Å². The first-order chi connectivity index (χ1) is 6.39. The topological polar surface area (TPSA) is 38.9 Å². The van der Waals surface area contributed by atoms with Gasteiger partial charge < -0.3 is 5.73 Å². The molecule has 0 aromatic carbocycles. The van der Waals surface area contributed by atoms with Gasteiger partial charge in [-0.25, -0.2) is 4.98 Å². The van der Waals surface area contributed by atoms with Gasteiger partial charge in [-0.15, -0.1) is 0 Å². The zero-order valence-corrected chi connectivity index (χ0v) is 7.81. The molecule has 0 aliphatic heterocycles.